The van der Waals surface area contributed by atoms with E-state index in [0.717, 1.165) is 30.7 Å². The quantitative estimate of drug-likeness (QED) is 0.626. The Labute approximate surface area is 110 Å². The van der Waals surface area contributed by atoms with Gasteiger partial charge < -0.3 is 5.32 Å². The van der Waals surface area contributed by atoms with Crippen molar-refractivity contribution in [2.45, 2.75) is 26.4 Å². The molecule has 106 valence electrons. The third-order valence-electron chi connectivity index (χ3n) is 2.49. The van der Waals surface area contributed by atoms with E-state index in [9.17, 15) is 17.6 Å². The predicted molar refractivity (Wildman–Crippen MR) is 68.2 cm³/mol. The van der Waals surface area contributed by atoms with Gasteiger partial charge in [0.15, 0.2) is 0 Å². The summed E-state index contributed by atoms with van der Waals surface area (Å²) in [4.78, 5) is 0. The first-order valence-corrected chi connectivity index (χ1v) is 6.08. The van der Waals surface area contributed by atoms with Crippen LogP contribution >= 0.6 is 0 Å². The summed E-state index contributed by atoms with van der Waals surface area (Å²) < 4.78 is 50.8. The molecule has 0 saturated carbocycles. The van der Waals surface area contributed by atoms with Crippen LogP contribution in [0.3, 0.4) is 0 Å². The molecule has 0 spiro atoms. The Hall–Kier alpha value is -1.36. The van der Waals surface area contributed by atoms with Crippen LogP contribution in [-0.4, -0.2) is 13.1 Å². The van der Waals surface area contributed by atoms with Crippen LogP contribution in [-0.2, 0) is 6.18 Å². The van der Waals surface area contributed by atoms with Gasteiger partial charge in [0.05, 0.1) is 5.56 Å². The Morgan fingerprint density at radius 2 is 1.95 bits per heavy atom. The maximum atomic E-state index is 13.2. The van der Waals surface area contributed by atoms with E-state index in [0.29, 0.717) is 12.6 Å². The van der Waals surface area contributed by atoms with E-state index in [-0.39, 0.29) is 5.56 Å². The maximum Gasteiger partial charge on any atom is 0.416 e. The Balaban J connectivity index is 2.89. The third-order valence-corrected chi connectivity index (χ3v) is 2.49. The van der Waals surface area contributed by atoms with Gasteiger partial charge in [0.25, 0.3) is 0 Å². The monoisotopic (exact) mass is 275 g/mol. The van der Waals surface area contributed by atoms with Crippen LogP contribution in [0.25, 0.3) is 6.08 Å². The zero-order valence-electron chi connectivity index (χ0n) is 10.9. The van der Waals surface area contributed by atoms with Gasteiger partial charge in [-0.1, -0.05) is 18.6 Å². The van der Waals surface area contributed by atoms with Gasteiger partial charge in [-0.25, -0.2) is 4.39 Å². The maximum absolute atomic E-state index is 13.2. The highest BCUT2D eigenvalue weighted by Gasteiger charge is 2.31. The summed E-state index contributed by atoms with van der Waals surface area (Å²) in [5, 5.41) is 3.13. The molecule has 0 heterocycles. The number of hydrogen-bond acceptors (Lipinski definition) is 1. The van der Waals surface area contributed by atoms with Crippen LogP contribution in [0, 0.1) is 5.82 Å². The van der Waals surface area contributed by atoms with Gasteiger partial charge in [0.1, 0.15) is 5.82 Å². The molecule has 0 bridgehead atoms. The van der Waals surface area contributed by atoms with Crippen molar-refractivity contribution in [1.29, 1.82) is 0 Å². The second-order valence-corrected chi connectivity index (χ2v) is 4.44. The lowest BCUT2D eigenvalue weighted by atomic mass is 10.1. The highest BCUT2D eigenvalue weighted by atomic mass is 19.4. The molecule has 5 heteroatoms. The Bertz CT molecular complexity index is 449. The van der Waals surface area contributed by atoms with E-state index in [4.69, 9.17) is 0 Å². The first kappa shape index (κ1) is 15.7. The summed E-state index contributed by atoms with van der Waals surface area (Å²) in [7, 11) is 0. The molecular weight excluding hydrogens is 258 g/mol. The van der Waals surface area contributed by atoms with Crippen molar-refractivity contribution in [2.24, 2.45) is 0 Å². The van der Waals surface area contributed by atoms with Crippen LogP contribution in [0.4, 0.5) is 17.6 Å². The van der Waals surface area contributed by atoms with Gasteiger partial charge in [-0.05, 0) is 43.7 Å². The molecule has 0 atom stereocenters. The minimum atomic E-state index is -4.53. The van der Waals surface area contributed by atoms with Crippen LogP contribution in [0.5, 0.6) is 0 Å². The van der Waals surface area contributed by atoms with Gasteiger partial charge in [0.2, 0.25) is 0 Å². The molecule has 1 aromatic carbocycles. The number of halogens is 4. The molecule has 0 amide bonds. The number of alkyl halides is 3. The minimum absolute atomic E-state index is 0.225. The number of rotatable bonds is 5. The normalized spacial score (nSPS) is 12.8. The van der Waals surface area contributed by atoms with Crippen LogP contribution in [0.15, 0.2) is 23.8 Å². The average Bonchev–Trinajstić information content (AvgIpc) is 2.27. The molecular formula is C14H17F4N. The van der Waals surface area contributed by atoms with Gasteiger partial charge in [-0.3, -0.25) is 0 Å². The molecule has 0 fully saturated rings. The Kier molecular flexibility index (Phi) is 5.54. The van der Waals surface area contributed by atoms with E-state index in [1.54, 1.807) is 13.0 Å². The number of hydrogen-bond donors (Lipinski definition) is 1. The molecule has 1 rings (SSSR count). The van der Waals surface area contributed by atoms with E-state index in [2.05, 4.69) is 5.32 Å². The first-order valence-electron chi connectivity index (χ1n) is 6.08. The average molecular weight is 275 g/mol. The molecule has 0 unspecified atom stereocenters. The molecule has 1 aromatic rings. The zero-order chi connectivity index (χ0) is 14.5. The standard InChI is InChI=1S/C14H17F4N/c1-3-4-19-9-10(2)5-11-6-12(14(16,17)18)8-13(15)7-11/h5-8,19H,3-4,9H2,1-2H3/b10-5+. The van der Waals surface area contributed by atoms with Crippen molar-refractivity contribution in [2.75, 3.05) is 13.1 Å². The summed E-state index contributed by atoms with van der Waals surface area (Å²) in [6.07, 6.45) is -1.99. The third kappa shape index (κ3) is 5.42. The van der Waals surface area contributed by atoms with Gasteiger partial charge in [0, 0.05) is 6.54 Å². The van der Waals surface area contributed by atoms with E-state index >= 15 is 0 Å². The van der Waals surface area contributed by atoms with Crippen LogP contribution < -0.4 is 5.32 Å². The summed E-state index contributed by atoms with van der Waals surface area (Å²) in [5.41, 5.74) is 0.114. The minimum Gasteiger partial charge on any atom is -0.313 e. The molecule has 0 aliphatic carbocycles. The number of nitrogens with one attached hydrogen (secondary N) is 1. The molecule has 1 nitrogen and oxygen atoms in total. The van der Waals surface area contributed by atoms with Crippen molar-refractivity contribution in [3.8, 4) is 0 Å². The van der Waals surface area contributed by atoms with Gasteiger partial charge >= 0.3 is 6.18 Å². The summed E-state index contributed by atoms with van der Waals surface area (Å²) >= 11 is 0. The Morgan fingerprint density at radius 3 is 2.53 bits per heavy atom. The highest BCUT2D eigenvalue weighted by Crippen LogP contribution is 2.30. The highest BCUT2D eigenvalue weighted by molar-refractivity contribution is 5.54. The molecule has 19 heavy (non-hydrogen) atoms. The topological polar surface area (TPSA) is 12.0 Å². The molecule has 0 aliphatic heterocycles. The zero-order valence-corrected chi connectivity index (χ0v) is 10.9. The van der Waals surface area contributed by atoms with Crippen molar-refractivity contribution < 1.29 is 17.6 Å². The summed E-state index contributed by atoms with van der Waals surface area (Å²) in [6.45, 7) is 5.23. The fourth-order valence-corrected chi connectivity index (χ4v) is 1.66. The second-order valence-electron chi connectivity index (χ2n) is 4.44. The van der Waals surface area contributed by atoms with Crippen LogP contribution in [0.2, 0.25) is 0 Å². The second kappa shape index (κ2) is 6.70. The smallest absolute Gasteiger partial charge is 0.313 e. The first-order chi connectivity index (χ1) is 8.82. The fourth-order valence-electron chi connectivity index (χ4n) is 1.66. The molecule has 1 N–H and O–H groups in total. The van der Waals surface area contributed by atoms with Crippen LogP contribution in [0.1, 0.15) is 31.4 Å². The lowest BCUT2D eigenvalue weighted by Gasteiger charge is -2.08. The van der Waals surface area contributed by atoms with Crippen molar-refractivity contribution in [3.63, 3.8) is 0 Å². The molecule has 0 aromatic heterocycles. The Morgan fingerprint density at radius 1 is 1.26 bits per heavy atom. The summed E-state index contributed by atoms with van der Waals surface area (Å²) in [6, 6.07) is 2.55. The van der Waals surface area contributed by atoms with Gasteiger partial charge in [-0.15, -0.1) is 0 Å². The molecule has 0 radical (unpaired) electrons. The van der Waals surface area contributed by atoms with Crippen molar-refractivity contribution in [1.82, 2.24) is 5.32 Å². The van der Waals surface area contributed by atoms with Gasteiger partial charge in [-0.2, -0.15) is 13.2 Å². The SMILES string of the molecule is CCCNC/C(C)=C/c1cc(F)cc(C(F)(F)F)c1. The lowest BCUT2D eigenvalue weighted by molar-refractivity contribution is -0.137. The van der Waals surface area contributed by atoms with E-state index < -0.39 is 17.6 Å². The van der Waals surface area contributed by atoms with E-state index in [1.807, 2.05) is 6.92 Å². The number of benzene rings is 1. The fraction of sp³-hybridized carbons (Fsp3) is 0.429. The van der Waals surface area contributed by atoms with Crippen molar-refractivity contribution in [3.05, 3.63) is 40.7 Å². The van der Waals surface area contributed by atoms with Crippen molar-refractivity contribution >= 4 is 6.08 Å². The van der Waals surface area contributed by atoms with E-state index in [1.165, 1.54) is 0 Å². The predicted octanol–water partition coefficient (Wildman–Crippen LogP) is 4.25. The molecule has 0 saturated heterocycles. The largest absolute Gasteiger partial charge is 0.416 e. The lowest BCUT2D eigenvalue weighted by Crippen LogP contribution is -2.16. The molecule has 0 aliphatic rings. The summed E-state index contributed by atoms with van der Waals surface area (Å²) in [5.74, 6) is -0.879.